The van der Waals surface area contributed by atoms with Gasteiger partial charge in [-0.05, 0) is 64.4 Å². The number of fused-ring (bicyclic) bond motifs is 1. The summed E-state index contributed by atoms with van der Waals surface area (Å²) in [4.78, 5) is 14.7. The maximum atomic E-state index is 11.8. The van der Waals surface area contributed by atoms with Crippen molar-refractivity contribution >= 4 is 11.2 Å². The van der Waals surface area contributed by atoms with Gasteiger partial charge in [-0.3, -0.25) is 9.55 Å². The van der Waals surface area contributed by atoms with Crippen molar-refractivity contribution in [2.75, 3.05) is 0 Å². The molecule has 42 heavy (non-hydrogen) atoms. The highest BCUT2D eigenvalue weighted by Gasteiger charge is 2.28. The van der Waals surface area contributed by atoms with Crippen LogP contribution in [0.25, 0.3) is 50.6 Å². The van der Waals surface area contributed by atoms with E-state index in [2.05, 4.69) is 99.6 Å². The fourth-order valence-electron chi connectivity index (χ4n) is 5.40. The summed E-state index contributed by atoms with van der Waals surface area (Å²) in [6, 6.07) is 30.7. The molecule has 0 aliphatic heterocycles. The van der Waals surface area contributed by atoms with Gasteiger partial charge in [0.1, 0.15) is 11.3 Å². The summed E-state index contributed by atoms with van der Waals surface area (Å²) in [6.07, 6.45) is 3.65. The molecule has 0 amide bonds. The van der Waals surface area contributed by atoms with Crippen LogP contribution in [0.15, 0.2) is 103 Å². The van der Waals surface area contributed by atoms with Gasteiger partial charge in [0, 0.05) is 34.8 Å². The number of aromatic nitrogens is 4. The van der Waals surface area contributed by atoms with E-state index in [1.807, 2.05) is 54.9 Å². The molecule has 0 aliphatic rings. The first kappa shape index (κ1) is 27.4. The molecular formula is C37H36N4O. The van der Waals surface area contributed by atoms with E-state index in [1.54, 1.807) is 0 Å². The van der Waals surface area contributed by atoms with Crippen LogP contribution >= 0.6 is 0 Å². The second kappa shape index (κ2) is 10.3. The van der Waals surface area contributed by atoms with E-state index in [-0.39, 0.29) is 16.6 Å². The summed E-state index contributed by atoms with van der Waals surface area (Å²) >= 11 is 0. The average molecular weight is 553 g/mol. The largest absolute Gasteiger partial charge is 0.507 e. The Morgan fingerprint density at radius 2 is 1.38 bits per heavy atom. The summed E-state index contributed by atoms with van der Waals surface area (Å²) < 4.78 is 2.06. The molecule has 0 spiro atoms. The van der Waals surface area contributed by atoms with Gasteiger partial charge in [-0.15, -0.1) is 0 Å². The van der Waals surface area contributed by atoms with Crippen molar-refractivity contribution in [2.24, 2.45) is 0 Å². The lowest BCUT2D eigenvalue weighted by Crippen LogP contribution is -2.17. The van der Waals surface area contributed by atoms with Gasteiger partial charge in [-0.1, -0.05) is 90.1 Å². The summed E-state index contributed by atoms with van der Waals surface area (Å²) in [5, 5.41) is 11.8. The number of phenols is 1. The van der Waals surface area contributed by atoms with Gasteiger partial charge >= 0.3 is 0 Å². The highest BCUT2D eigenvalue weighted by molar-refractivity contribution is 5.94. The molecule has 6 rings (SSSR count). The number of nitrogens with zero attached hydrogens (tertiary/aromatic N) is 4. The molecule has 3 aromatic carbocycles. The van der Waals surface area contributed by atoms with Crippen LogP contribution < -0.4 is 0 Å². The van der Waals surface area contributed by atoms with Crippen LogP contribution in [-0.4, -0.2) is 24.6 Å². The molecule has 1 N–H and O–H groups in total. The van der Waals surface area contributed by atoms with E-state index in [0.29, 0.717) is 11.4 Å². The van der Waals surface area contributed by atoms with Crippen molar-refractivity contribution in [1.29, 1.82) is 0 Å². The molecule has 3 heterocycles. The molecule has 0 aliphatic carbocycles. The van der Waals surface area contributed by atoms with Crippen LogP contribution in [0.1, 0.15) is 52.7 Å². The Morgan fingerprint density at radius 1 is 0.643 bits per heavy atom. The number of para-hydroxylation sites is 1. The molecule has 0 fully saturated rings. The number of benzene rings is 3. The zero-order valence-electron chi connectivity index (χ0n) is 25.1. The molecule has 0 bridgehead atoms. The Morgan fingerprint density at radius 3 is 2.07 bits per heavy atom. The van der Waals surface area contributed by atoms with Gasteiger partial charge < -0.3 is 5.11 Å². The first-order valence-electron chi connectivity index (χ1n) is 14.4. The number of aromatic hydroxyl groups is 1. The zero-order chi connectivity index (χ0) is 29.6. The average Bonchev–Trinajstić information content (AvgIpc) is 3.36. The molecule has 3 aromatic heterocycles. The van der Waals surface area contributed by atoms with Crippen molar-refractivity contribution in [3.8, 4) is 45.2 Å². The second-order valence-corrected chi connectivity index (χ2v) is 12.9. The number of phenolic OH excluding ortho intramolecular Hbond substituents is 1. The molecule has 0 saturated heterocycles. The van der Waals surface area contributed by atoms with Crippen LogP contribution in [0.4, 0.5) is 0 Å². The highest BCUT2D eigenvalue weighted by Crippen LogP contribution is 2.44. The minimum absolute atomic E-state index is 0.124. The third-order valence-corrected chi connectivity index (χ3v) is 7.72. The smallest absolute Gasteiger partial charge is 0.165 e. The Kier molecular flexibility index (Phi) is 6.69. The third-order valence-electron chi connectivity index (χ3n) is 7.72. The van der Waals surface area contributed by atoms with E-state index in [0.717, 1.165) is 50.4 Å². The Bertz CT molecular complexity index is 1890. The minimum atomic E-state index is -0.265. The van der Waals surface area contributed by atoms with Gasteiger partial charge in [0.25, 0.3) is 0 Å². The summed E-state index contributed by atoms with van der Waals surface area (Å²) in [5.74, 6) is 0.910. The second-order valence-electron chi connectivity index (χ2n) is 12.9. The van der Waals surface area contributed by atoms with Crippen molar-refractivity contribution in [3.63, 3.8) is 0 Å². The lowest BCUT2D eigenvalue weighted by atomic mass is 9.79. The number of imidazole rings is 1. The Labute approximate surface area is 247 Å². The maximum absolute atomic E-state index is 11.8. The van der Waals surface area contributed by atoms with Crippen LogP contribution in [0.3, 0.4) is 0 Å². The van der Waals surface area contributed by atoms with Crippen molar-refractivity contribution in [1.82, 2.24) is 19.5 Å². The zero-order valence-corrected chi connectivity index (χ0v) is 25.1. The minimum Gasteiger partial charge on any atom is -0.507 e. The summed E-state index contributed by atoms with van der Waals surface area (Å²) in [5.41, 5.74) is 8.72. The maximum Gasteiger partial charge on any atom is 0.165 e. The van der Waals surface area contributed by atoms with Crippen LogP contribution in [0, 0.1) is 0 Å². The number of rotatable bonds is 4. The van der Waals surface area contributed by atoms with Gasteiger partial charge in [0.15, 0.2) is 11.5 Å². The third kappa shape index (κ3) is 4.96. The molecule has 0 saturated carbocycles. The number of hydrogen-bond acceptors (Lipinski definition) is 4. The van der Waals surface area contributed by atoms with Gasteiger partial charge in [-0.25, -0.2) is 9.97 Å². The van der Waals surface area contributed by atoms with Crippen molar-refractivity contribution in [3.05, 3.63) is 115 Å². The van der Waals surface area contributed by atoms with Crippen LogP contribution in [0.2, 0.25) is 0 Å². The van der Waals surface area contributed by atoms with E-state index in [9.17, 15) is 5.11 Å². The molecule has 5 nitrogen and oxygen atoms in total. The van der Waals surface area contributed by atoms with Gasteiger partial charge in [0.2, 0.25) is 0 Å². The van der Waals surface area contributed by atoms with Crippen molar-refractivity contribution < 1.29 is 5.11 Å². The molecule has 6 aromatic rings. The molecule has 0 radical (unpaired) electrons. The lowest BCUT2D eigenvalue weighted by molar-refractivity contribution is 0.446. The predicted octanol–water partition coefficient (Wildman–Crippen LogP) is 9.12. The fourth-order valence-corrected chi connectivity index (χ4v) is 5.40. The fraction of sp³-hybridized carbons (Fsp3) is 0.216. The molecule has 0 unspecified atom stereocenters. The first-order chi connectivity index (χ1) is 20.0. The van der Waals surface area contributed by atoms with E-state index >= 15 is 0 Å². The Balaban J connectivity index is 1.66. The van der Waals surface area contributed by atoms with Gasteiger partial charge in [0.05, 0.1) is 11.3 Å². The number of hydrogen-bond donors (Lipinski definition) is 1. The highest BCUT2D eigenvalue weighted by atomic mass is 16.3. The Hall–Kier alpha value is -4.77. The normalized spacial score (nSPS) is 12.1. The summed E-state index contributed by atoms with van der Waals surface area (Å²) in [7, 11) is 0. The molecule has 210 valence electrons. The molecule has 0 atom stereocenters. The topological polar surface area (TPSA) is 63.8 Å². The van der Waals surface area contributed by atoms with Gasteiger partial charge in [-0.2, -0.15) is 0 Å². The SMILES string of the molecule is CC(C)(C)c1cc(-c2nc3c(-c4cccc(-c5ccccn5)c4)ccnc3n2-c2ccccc2)c(O)c(C(C)(C)C)c1. The van der Waals surface area contributed by atoms with E-state index < -0.39 is 0 Å². The predicted molar refractivity (Wildman–Crippen MR) is 172 cm³/mol. The van der Waals surface area contributed by atoms with E-state index in [1.165, 1.54) is 0 Å². The lowest BCUT2D eigenvalue weighted by Gasteiger charge is -2.27. The molecule has 5 heteroatoms. The van der Waals surface area contributed by atoms with E-state index in [4.69, 9.17) is 9.97 Å². The van der Waals surface area contributed by atoms with Crippen LogP contribution in [-0.2, 0) is 10.8 Å². The standard InChI is InChI=1S/C37H36N4O/c1-36(2,3)26-22-29(33(42)30(23-26)37(4,5)6)34-40-32-28(18-20-39-35(32)41(34)27-15-8-7-9-16-27)24-13-12-14-25(21-24)31-17-10-11-19-38-31/h7-23,42H,1-6H3. The first-order valence-corrected chi connectivity index (χ1v) is 14.4. The summed E-state index contributed by atoms with van der Waals surface area (Å²) in [6.45, 7) is 13.0. The van der Waals surface area contributed by atoms with Crippen LogP contribution in [0.5, 0.6) is 5.75 Å². The number of pyridine rings is 2. The molecular weight excluding hydrogens is 516 g/mol. The quantitative estimate of drug-likeness (QED) is 0.237. The monoisotopic (exact) mass is 552 g/mol. The van der Waals surface area contributed by atoms with Crippen molar-refractivity contribution in [2.45, 2.75) is 52.4 Å².